The van der Waals surface area contributed by atoms with Gasteiger partial charge in [-0.3, -0.25) is 4.79 Å². The first-order valence-electron chi connectivity index (χ1n) is 7.16. The summed E-state index contributed by atoms with van der Waals surface area (Å²) >= 11 is 0. The quantitative estimate of drug-likeness (QED) is 0.778. The number of rotatable bonds is 4. The second kappa shape index (κ2) is 6.20. The van der Waals surface area contributed by atoms with Gasteiger partial charge >= 0.3 is 0 Å². The van der Waals surface area contributed by atoms with Crippen LogP contribution in [0, 0.1) is 0 Å². The van der Waals surface area contributed by atoms with E-state index in [1.807, 2.05) is 19.1 Å². The molecule has 1 fully saturated rings. The van der Waals surface area contributed by atoms with Gasteiger partial charge in [0, 0.05) is 37.3 Å². The fraction of sp³-hybridized carbons (Fsp3) is 0.562. The van der Waals surface area contributed by atoms with Crippen LogP contribution in [0.15, 0.2) is 24.3 Å². The summed E-state index contributed by atoms with van der Waals surface area (Å²) in [6.45, 7) is 4.22. The van der Waals surface area contributed by atoms with Crippen LogP contribution in [-0.4, -0.2) is 43.9 Å². The molecule has 0 aromatic heterocycles. The van der Waals surface area contributed by atoms with E-state index in [0.29, 0.717) is 12.5 Å². The van der Waals surface area contributed by atoms with E-state index in [9.17, 15) is 4.79 Å². The van der Waals surface area contributed by atoms with Crippen LogP contribution < -0.4 is 4.90 Å². The van der Waals surface area contributed by atoms with Crippen molar-refractivity contribution in [3.8, 4) is 0 Å². The van der Waals surface area contributed by atoms with Gasteiger partial charge in [0.2, 0.25) is 0 Å². The summed E-state index contributed by atoms with van der Waals surface area (Å²) in [7, 11) is 4.34. The second-order valence-electron chi connectivity index (χ2n) is 5.49. The Kier molecular flexibility index (Phi) is 4.59. The summed E-state index contributed by atoms with van der Waals surface area (Å²) < 4.78 is 0. The van der Waals surface area contributed by atoms with Crippen LogP contribution in [0.2, 0.25) is 0 Å². The number of piperidine rings is 1. The normalized spacial score (nSPS) is 20.3. The smallest absolute Gasteiger partial charge is 0.162 e. The van der Waals surface area contributed by atoms with Gasteiger partial charge in [0.1, 0.15) is 0 Å². The van der Waals surface area contributed by atoms with E-state index in [4.69, 9.17) is 0 Å². The van der Waals surface area contributed by atoms with Crippen LogP contribution in [0.25, 0.3) is 0 Å². The van der Waals surface area contributed by atoms with Crippen molar-refractivity contribution in [1.29, 1.82) is 0 Å². The summed E-state index contributed by atoms with van der Waals surface area (Å²) in [6, 6.07) is 8.61. The van der Waals surface area contributed by atoms with Gasteiger partial charge in [-0.15, -0.1) is 0 Å². The maximum atomic E-state index is 11.6. The zero-order valence-corrected chi connectivity index (χ0v) is 12.2. The minimum absolute atomic E-state index is 0.214. The van der Waals surface area contributed by atoms with E-state index in [1.165, 1.54) is 25.1 Å². The van der Waals surface area contributed by atoms with Gasteiger partial charge in [-0.25, -0.2) is 0 Å². The van der Waals surface area contributed by atoms with Crippen LogP contribution in [0.3, 0.4) is 0 Å². The van der Waals surface area contributed by atoms with Crippen molar-refractivity contribution in [3.05, 3.63) is 29.8 Å². The predicted octanol–water partition coefficient (Wildman–Crippen LogP) is 2.81. The molecule has 3 heteroatoms. The summed E-state index contributed by atoms with van der Waals surface area (Å²) in [5.41, 5.74) is 2.02. The van der Waals surface area contributed by atoms with E-state index in [0.717, 1.165) is 12.1 Å². The molecule has 0 bridgehead atoms. The summed E-state index contributed by atoms with van der Waals surface area (Å²) in [6.07, 6.45) is 3.08. The Hall–Kier alpha value is -1.35. The number of benzene rings is 1. The van der Waals surface area contributed by atoms with Gasteiger partial charge in [-0.1, -0.05) is 6.92 Å². The number of likely N-dealkylation sites (tertiary alicyclic amines) is 1. The summed E-state index contributed by atoms with van der Waals surface area (Å²) in [5, 5.41) is 0. The Morgan fingerprint density at radius 3 is 2.63 bits per heavy atom. The molecule has 104 valence electrons. The molecule has 0 saturated carbocycles. The Balaban J connectivity index is 2.06. The van der Waals surface area contributed by atoms with E-state index >= 15 is 0 Å². The molecule has 19 heavy (non-hydrogen) atoms. The lowest BCUT2D eigenvalue weighted by atomic mass is 10.0. The Bertz CT molecular complexity index is 427. The minimum Gasteiger partial charge on any atom is -0.370 e. The van der Waals surface area contributed by atoms with Crippen LogP contribution in [0.4, 0.5) is 5.69 Å². The molecule has 1 aromatic carbocycles. The standard InChI is InChI=1S/C16H24N2O/c1-4-16(19)13-7-9-14(10-8-13)18(3)15-6-5-11-17(2)12-15/h7-10,15H,4-6,11-12H2,1-3H3. The number of carbonyl (C=O) groups excluding carboxylic acids is 1. The van der Waals surface area contributed by atoms with Crippen LogP contribution >= 0.6 is 0 Å². The molecule has 3 nitrogen and oxygen atoms in total. The van der Waals surface area contributed by atoms with Crippen LogP contribution in [-0.2, 0) is 0 Å². The molecule has 2 rings (SSSR count). The molecule has 0 aliphatic carbocycles. The molecule has 0 spiro atoms. The zero-order chi connectivity index (χ0) is 13.8. The molecule has 1 aliphatic rings. The first kappa shape index (κ1) is 14.1. The van der Waals surface area contributed by atoms with Gasteiger partial charge in [0.15, 0.2) is 5.78 Å². The number of nitrogens with zero attached hydrogens (tertiary/aromatic N) is 2. The van der Waals surface area contributed by atoms with E-state index in [-0.39, 0.29) is 5.78 Å². The van der Waals surface area contributed by atoms with Gasteiger partial charge in [0.25, 0.3) is 0 Å². The van der Waals surface area contributed by atoms with Crippen molar-refractivity contribution < 1.29 is 4.79 Å². The average Bonchev–Trinajstić information content (AvgIpc) is 2.46. The molecule has 1 aromatic rings. The van der Waals surface area contributed by atoms with Gasteiger partial charge < -0.3 is 9.80 Å². The first-order chi connectivity index (χ1) is 9.11. The number of hydrogen-bond acceptors (Lipinski definition) is 3. The van der Waals surface area contributed by atoms with Crippen molar-refractivity contribution in [2.45, 2.75) is 32.2 Å². The molecule has 1 aliphatic heterocycles. The largest absolute Gasteiger partial charge is 0.370 e. The van der Waals surface area contributed by atoms with Crippen molar-refractivity contribution >= 4 is 11.5 Å². The highest BCUT2D eigenvalue weighted by atomic mass is 16.1. The number of ketones is 1. The van der Waals surface area contributed by atoms with E-state index in [2.05, 4.69) is 36.0 Å². The number of Topliss-reactive ketones (excluding diaryl/α,β-unsaturated/α-hetero) is 1. The molecule has 1 saturated heterocycles. The average molecular weight is 260 g/mol. The zero-order valence-electron chi connectivity index (χ0n) is 12.2. The molecule has 1 unspecified atom stereocenters. The molecule has 1 atom stereocenters. The number of hydrogen-bond donors (Lipinski definition) is 0. The number of carbonyl (C=O) groups is 1. The lowest BCUT2D eigenvalue weighted by Gasteiger charge is -2.37. The van der Waals surface area contributed by atoms with Crippen LogP contribution in [0.1, 0.15) is 36.5 Å². The van der Waals surface area contributed by atoms with Gasteiger partial charge in [-0.05, 0) is 50.7 Å². The third-order valence-electron chi connectivity index (χ3n) is 4.06. The first-order valence-corrected chi connectivity index (χ1v) is 7.16. The number of anilines is 1. The van der Waals surface area contributed by atoms with Crippen LogP contribution in [0.5, 0.6) is 0 Å². The highest BCUT2D eigenvalue weighted by Gasteiger charge is 2.21. The topological polar surface area (TPSA) is 23.6 Å². The monoisotopic (exact) mass is 260 g/mol. The molecule has 0 N–H and O–H groups in total. The lowest BCUT2D eigenvalue weighted by Crippen LogP contribution is -2.45. The number of likely N-dealkylation sites (N-methyl/N-ethyl adjacent to an activating group) is 2. The Morgan fingerprint density at radius 1 is 1.37 bits per heavy atom. The SMILES string of the molecule is CCC(=O)c1ccc(N(C)C2CCCN(C)C2)cc1. The van der Waals surface area contributed by atoms with E-state index < -0.39 is 0 Å². The third-order valence-corrected chi connectivity index (χ3v) is 4.06. The van der Waals surface area contributed by atoms with Gasteiger partial charge in [0.05, 0.1) is 0 Å². The Labute approximate surface area is 116 Å². The fourth-order valence-corrected chi connectivity index (χ4v) is 2.75. The van der Waals surface area contributed by atoms with Crippen molar-refractivity contribution in [3.63, 3.8) is 0 Å². The lowest BCUT2D eigenvalue weighted by molar-refractivity contribution is 0.0988. The molecular weight excluding hydrogens is 236 g/mol. The summed E-state index contributed by atoms with van der Waals surface area (Å²) in [5.74, 6) is 0.214. The maximum absolute atomic E-state index is 11.6. The molecular formula is C16H24N2O. The highest BCUT2D eigenvalue weighted by Crippen LogP contribution is 2.21. The fourth-order valence-electron chi connectivity index (χ4n) is 2.75. The molecule has 0 radical (unpaired) electrons. The maximum Gasteiger partial charge on any atom is 0.162 e. The highest BCUT2D eigenvalue weighted by molar-refractivity contribution is 5.96. The van der Waals surface area contributed by atoms with E-state index in [1.54, 1.807) is 0 Å². The van der Waals surface area contributed by atoms with Crippen molar-refractivity contribution in [2.75, 3.05) is 32.1 Å². The summed E-state index contributed by atoms with van der Waals surface area (Å²) in [4.78, 5) is 16.4. The van der Waals surface area contributed by atoms with Crippen molar-refractivity contribution in [1.82, 2.24) is 4.90 Å². The minimum atomic E-state index is 0.214. The third kappa shape index (κ3) is 3.35. The van der Waals surface area contributed by atoms with Gasteiger partial charge in [-0.2, -0.15) is 0 Å². The molecule has 1 heterocycles. The predicted molar refractivity (Wildman–Crippen MR) is 80.0 cm³/mol. The molecule has 0 amide bonds. The van der Waals surface area contributed by atoms with Crippen molar-refractivity contribution in [2.24, 2.45) is 0 Å². The second-order valence-corrected chi connectivity index (χ2v) is 5.49. The Morgan fingerprint density at radius 2 is 2.05 bits per heavy atom.